The number of rotatable bonds is 4. The highest BCUT2D eigenvalue weighted by molar-refractivity contribution is 6.31. The van der Waals surface area contributed by atoms with Gasteiger partial charge in [0.2, 0.25) is 0 Å². The van der Waals surface area contributed by atoms with Gasteiger partial charge in [0, 0.05) is 29.7 Å². The largest absolute Gasteiger partial charge is 0.368 e. The highest BCUT2D eigenvalue weighted by Crippen LogP contribution is 2.69. The second-order valence-corrected chi connectivity index (χ2v) is 5.95. The van der Waals surface area contributed by atoms with Crippen molar-refractivity contribution in [3.8, 4) is 12.3 Å². The highest BCUT2D eigenvalue weighted by Gasteiger charge is 2.75. The zero-order valence-corrected chi connectivity index (χ0v) is 12.2. The third-order valence-corrected chi connectivity index (χ3v) is 4.94. The van der Waals surface area contributed by atoms with Gasteiger partial charge in [-0.1, -0.05) is 35.7 Å². The van der Waals surface area contributed by atoms with Crippen LogP contribution in [0.3, 0.4) is 0 Å². The van der Waals surface area contributed by atoms with Crippen molar-refractivity contribution in [2.24, 2.45) is 11.3 Å². The molecular formula is C17H15ClO3. The lowest BCUT2D eigenvalue weighted by molar-refractivity contribution is -0.130. The van der Waals surface area contributed by atoms with Crippen LogP contribution in [0.4, 0.5) is 0 Å². The van der Waals surface area contributed by atoms with Gasteiger partial charge in [-0.2, -0.15) is 0 Å². The van der Waals surface area contributed by atoms with Crippen LogP contribution >= 0.6 is 11.6 Å². The fraction of sp³-hybridized carbons (Fsp3) is 0.412. The Morgan fingerprint density at radius 2 is 1.95 bits per heavy atom. The van der Waals surface area contributed by atoms with Gasteiger partial charge in [-0.3, -0.25) is 9.59 Å². The van der Waals surface area contributed by atoms with E-state index in [9.17, 15) is 9.59 Å². The fourth-order valence-corrected chi connectivity index (χ4v) is 3.93. The number of hydrogen-bond donors (Lipinski definition) is 0. The fourth-order valence-electron chi connectivity index (χ4n) is 3.68. The highest BCUT2D eigenvalue weighted by atomic mass is 35.5. The first-order chi connectivity index (χ1) is 10.1. The van der Waals surface area contributed by atoms with Crippen LogP contribution in [0, 0.1) is 23.7 Å². The SMILES string of the molecule is C#CCOC[C@H]1[C@@H](c2ccccc2Cl)C12C(=O)CCC2=O. The molecular weight excluding hydrogens is 288 g/mol. The van der Waals surface area contributed by atoms with E-state index < -0.39 is 5.41 Å². The van der Waals surface area contributed by atoms with Crippen molar-refractivity contribution in [2.45, 2.75) is 18.8 Å². The lowest BCUT2D eigenvalue weighted by Gasteiger charge is -2.07. The van der Waals surface area contributed by atoms with Gasteiger partial charge in [-0.15, -0.1) is 6.42 Å². The van der Waals surface area contributed by atoms with Gasteiger partial charge in [0.25, 0.3) is 0 Å². The number of ketones is 2. The maximum atomic E-state index is 12.3. The minimum Gasteiger partial charge on any atom is -0.368 e. The molecule has 2 aliphatic carbocycles. The monoisotopic (exact) mass is 302 g/mol. The first-order valence-electron chi connectivity index (χ1n) is 6.96. The van der Waals surface area contributed by atoms with E-state index in [0.717, 1.165) is 5.56 Å². The van der Waals surface area contributed by atoms with E-state index in [-0.39, 0.29) is 30.0 Å². The van der Waals surface area contributed by atoms with Gasteiger partial charge >= 0.3 is 0 Å². The lowest BCUT2D eigenvalue weighted by atomic mass is 9.95. The molecule has 1 aromatic rings. The lowest BCUT2D eigenvalue weighted by Crippen LogP contribution is -2.21. The maximum Gasteiger partial charge on any atom is 0.147 e. The van der Waals surface area contributed by atoms with Crippen LogP contribution in [0.1, 0.15) is 24.3 Å². The standard InChI is InChI=1S/C17H15ClO3/c1-2-9-21-10-12-16(11-5-3-4-6-13(11)18)17(12)14(19)7-8-15(17)20/h1,3-6,12,16H,7-10H2/t12-,16+/m0/s1. The third kappa shape index (κ3) is 2.02. The molecule has 2 saturated carbocycles. The van der Waals surface area contributed by atoms with Crippen molar-refractivity contribution in [1.82, 2.24) is 0 Å². The van der Waals surface area contributed by atoms with E-state index in [1.165, 1.54) is 0 Å². The molecule has 0 amide bonds. The van der Waals surface area contributed by atoms with Gasteiger partial charge in [-0.25, -0.2) is 0 Å². The number of halogens is 1. The molecule has 0 saturated heterocycles. The molecule has 3 nitrogen and oxygen atoms in total. The number of benzene rings is 1. The van der Waals surface area contributed by atoms with Crippen molar-refractivity contribution in [3.63, 3.8) is 0 Å². The molecule has 21 heavy (non-hydrogen) atoms. The van der Waals surface area contributed by atoms with Crippen LogP contribution in [0.25, 0.3) is 0 Å². The second-order valence-electron chi connectivity index (χ2n) is 5.54. The molecule has 3 rings (SSSR count). The Balaban J connectivity index is 1.94. The number of hydrogen-bond acceptors (Lipinski definition) is 3. The van der Waals surface area contributed by atoms with Crippen molar-refractivity contribution in [3.05, 3.63) is 34.9 Å². The predicted octanol–water partition coefficient (Wildman–Crippen LogP) is 2.62. The van der Waals surface area contributed by atoms with Crippen LogP contribution < -0.4 is 0 Å². The summed E-state index contributed by atoms with van der Waals surface area (Å²) in [5.74, 6) is 2.12. The predicted molar refractivity (Wildman–Crippen MR) is 79.0 cm³/mol. The van der Waals surface area contributed by atoms with Gasteiger partial charge in [0.05, 0.1) is 6.61 Å². The molecule has 0 unspecified atom stereocenters. The van der Waals surface area contributed by atoms with Crippen molar-refractivity contribution in [1.29, 1.82) is 0 Å². The average Bonchev–Trinajstić information content (AvgIpc) is 3.05. The summed E-state index contributed by atoms with van der Waals surface area (Å²) in [7, 11) is 0. The number of Topliss-reactive ketones (excluding diaryl/α,β-unsaturated/α-hetero) is 2. The summed E-state index contributed by atoms with van der Waals surface area (Å²) in [6.45, 7) is 0.502. The molecule has 108 valence electrons. The normalized spacial score (nSPS) is 26.1. The van der Waals surface area contributed by atoms with Crippen LogP contribution in [0.15, 0.2) is 24.3 Å². The van der Waals surface area contributed by atoms with Gasteiger partial charge in [0.15, 0.2) is 0 Å². The van der Waals surface area contributed by atoms with E-state index in [4.69, 9.17) is 22.8 Å². The Kier molecular flexibility index (Phi) is 3.61. The van der Waals surface area contributed by atoms with Crippen LogP contribution in [-0.2, 0) is 14.3 Å². The van der Waals surface area contributed by atoms with Gasteiger partial charge < -0.3 is 4.74 Å². The smallest absolute Gasteiger partial charge is 0.147 e. The minimum absolute atomic E-state index is 0.0201. The van der Waals surface area contributed by atoms with Crippen LogP contribution in [0.2, 0.25) is 5.02 Å². The molecule has 4 heteroatoms. The minimum atomic E-state index is -0.917. The van der Waals surface area contributed by atoms with Crippen LogP contribution in [0.5, 0.6) is 0 Å². The maximum absolute atomic E-state index is 12.3. The van der Waals surface area contributed by atoms with Crippen LogP contribution in [-0.4, -0.2) is 24.8 Å². The molecule has 2 aliphatic rings. The Morgan fingerprint density at radius 3 is 2.57 bits per heavy atom. The molecule has 0 radical (unpaired) electrons. The van der Waals surface area contributed by atoms with E-state index in [0.29, 0.717) is 24.5 Å². The van der Waals surface area contributed by atoms with Crippen molar-refractivity contribution < 1.29 is 14.3 Å². The summed E-state index contributed by atoms with van der Waals surface area (Å²) in [6.07, 6.45) is 5.82. The summed E-state index contributed by atoms with van der Waals surface area (Å²) in [6, 6.07) is 7.38. The number of terminal acetylenes is 1. The van der Waals surface area contributed by atoms with Gasteiger partial charge in [-0.05, 0) is 11.6 Å². The van der Waals surface area contributed by atoms with E-state index in [2.05, 4.69) is 5.92 Å². The molecule has 0 aliphatic heterocycles. The van der Waals surface area contributed by atoms with Crippen molar-refractivity contribution in [2.75, 3.05) is 13.2 Å². The molecule has 2 atom stereocenters. The molecule has 0 heterocycles. The Labute approximate surface area is 128 Å². The number of carbonyl (C=O) groups excluding carboxylic acids is 2. The zero-order chi connectivity index (χ0) is 15.0. The Hall–Kier alpha value is -1.63. The number of carbonyl (C=O) groups is 2. The summed E-state index contributed by atoms with van der Waals surface area (Å²) in [4.78, 5) is 24.7. The molecule has 0 aromatic heterocycles. The molecule has 0 N–H and O–H groups in total. The second kappa shape index (κ2) is 5.29. The van der Waals surface area contributed by atoms with E-state index in [1.54, 1.807) is 6.07 Å². The quantitative estimate of drug-likeness (QED) is 0.488. The van der Waals surface area contributed by atoms with E-state index in [1.807, 2.05) is 18.2 Å². The first kappa shape index (κ1) is 14.3. The summed E-state index contributed by atoms with van der Waals surface area (Å²) in [5.41, 5.74) is -0.0587. The van der Waals surface area contributed by atoms with Gasteiger partial charge in [0.1, 0.15) is 23.6 Å². The zero-order valence-electron chi connectivity index (χ0n) is 11.5. The molecule has 1 aromatic carbocycles. The first-order valence-corrected chi connectivity index (χ1v) is 7.34. The number of ether oxygens (including phenoxy) is 1. The Morgan fingerprint density at radius 1 is 1.29 bits per heavy atom. The topological polar surface area (TPSA) is 43.4 Å². The molecule has 1 spiro atoms. The third-order valence-electron chi connectivity index (χ3n) is 4.59. The molecule has 2 fully saturated rings. The average molecular weight is 303 g/mol. The Bertz CT molecular complexity index is 628. The summed E-state index contributed by atoms with van der Waals surface area (Å²) >= 11 is 6.25. The summed E-state index contributed by atoms with van der Waals surface area (Å²) < 4.78 is 5.40. The van der Waals surface area contributed by atoms with E-state index >= 15 is 0 Å². The molecule has 0 bridgehead atoms. The summed E-state index contributed by atoms with van der Waals surface area (Å²) in [5, 5.41) is 0.592. The van der Waals surface area contributed by atoms with Crippen molar-refractivity contribution >= 4 is 23.2 Å².